The van der Waals surface area contributed by atoms with E-state index in [-0.39, 0.29) is 23.9 Å². The molecule has 0 spiro atoms. The Hall–Kier alpha value is -2.78. The van der Waals surface area contributed by atoms with Crippen molar-refractivity contribution < 1.29 is 27.4 Å². The summed E-state index contributed by atoms with van der Waals surface area (Å²) in [5.41, 5.74) is 1.67. The van der Waals surface area contributed by atoms with Gasteiger partial charge in [-0.25, -0.2) is 8.42 Å². The number of likely N-dealkylation sites (N-methyl/N-ethyl adjacent to an activating group) is 1. The Balaban J connectivity index is 1.99. The number of benzene rings is 2. The van der Waals surface area contributed by atoms with Gasteiger partial charge in [0.2, 0.25) is 15.9 Å². The maximum absolute atomic E-state index is 13.0. The molecule has 0 saturated heterocycles. The number of ether oxygens (including phenoxy) is 3. The molecule has 1 amide bonds. The van der Waals surface area contributed by atoms with Crippen molar-refractivity contribution in [2.24, 2.45) is 0 Å². The fourth-order valence-electron chi connectivity index (χ4n) is 3.13. The summed E-state index contributed by atoms with van der Waals surface area (Å²) in [6, 6.07) is 10.2. The molecule has 0 atom stereocenters. The molecular formula is C22H30N2O6S. The summed E-state index contributed by atoms with van der Waals surface area (Å²) in [6.07, 6.45) is 0.572. The third-order valence-electron chi connectivity index (χ3n) is 4.86. The molecule has 0 heterocycles. The number of nitrogens with one attached hydrogen (secondary N) is 1. The van der Waals surface area contributed by atoms with E-state index in [1.165, 1.54) is 13.2 Å². The molecule has 170 valence electrons. The van der Waals surface area contributed by atoms with Crippen molar-refractivity contribution in [1.29, 1.82) is 0 Å². The topological polar surface area (TPSA) is 94.2 Å². The number of hydrogen-bond acceptors (Lipinski definition) is 6. The first-order chi connectivity index (χ1) is 14.8. The lowest BCUT2D eigenvalue weighted by Gasteiger charge is -2.20. The standard InChI is InChI=1S/C22H30N2O6S/c1-6-24(31(26,27)18-8-10-19(28-3)16(2)13-18)15-22(25)23-12-11-17-7-9-20(29-4)21(14-17)30-5/h7-10,13-14H,6,11-12,15H2,1-5H3,(H,23,25). The van der Waals surface area contributed by atoms with E-state index >= 15 is 0 Å². The fraction of sp³-hybridized carbons (Fsp3) is 0.409. The summed E-state index contributed by atoms with van der Waals surface area (Å²) in [7, 11) is 0.859. The average molecular weight is 451 g/mol. The van der Waals surface area contributed by atoms with E-state index in [1.54, 1.807) is 46.3 Å². The van der Waals surface area contributed by atoms with Crippen LogP contribution in [0.3, 0.4) is 0 Å². The van der Waals surface area contributed by atoms with Crippen molar-refractivity contribution in [3.63, 3.8) is 0 Å². The second-order valence-electron chi connectivity index (χ2n) is 6.85. The molecule has 0 aliphatic heterocycles. The molecule has 1 N–H and O–H groups in total. The third kappa shape index (κ3) is 6.11. The summed E-state index contributed by atoms with van der Waals surface area (Å²) < 4.78 is 42.7. The van der Waals surface area contributed by atoms with Gasteiger partial charge in [0.1, 0.15) is 5.75 Å². The Labute approximate surface area is 184 Å². The summed E-state index contributed by atoms with van der Waals surface area (Å²) in [6.45, 7) is 3.76. The number of hydrogen-bond donors (Lipinski definition) is 1. The van der Waals surface area contributed by atoms with Gasteiger partial charge in [0.25, 0.3) is 0 Å². The van der Waals surface area contributed by atoms with Crippen molar-refractivity contribution >= 4 is 15.9 Å². The zero-order valence-electron chi connectivity index (χ0n) is 18.6. The molecule has 8 nitrogen and oxygen atoms in total. The quantitative estimate of drug-likeness (QED) is 0.565. The Kier molecular flexibility index (Phi) is 8.70. The molecule has 0 aliphatic rings. The lowest BCUT2D eigenvalue weighted by molar-refractivity contribution is -0.121. The molecule has 9 heteroatoms. The molecule has 2 aromatic carbocycles. The number of nitrogens with zero attached hydrogens (tertiary/aromatic N) is 1. The van der Waals surface area contributed by atoms with Crippen molar-refractivity contribution in [1.82, 2.24) is 9.62 Å². The van der Waals surface area contributed by atoms with Gasteiger partial charge >= 0.3 is 0 Å². The molecule has 31 heavy (non-hydrogen) atoms. The van der Waals surface area contributed by atoms with Crippen molar-refractivity contribution in [3.05, 3.63) is 47.5 Å². The zero-order valence-corrected chi connectivity index (χ0v) is 19.4. The van der Waals surface area contributed by atoms with Gasteiger partial charge in [0, 0.05) is 13.1 Å². The van der Waals surface area contributed by atoms with E-state index in [0.29, 0.717) is 35.8 Å². The van der Waals surface area contributed by atoms with Crippen molar-refractivity contribution in [2.45, 2.75) is 25.2 Å². The number of carbonyl (C=O) groups is 1. The van der Waals surface area contributed by atoms with Crippen molar-refractivity contribution in [2.75, 3.05) is 41.0 Å². The first-order valence-electron chi connectivity index (χ1n) is 9.89. The van der Waals surface area contributed by atoms with Gasteiger partial charge in [0.05, 0.1) is 32.8 Å². The van der Waals surface area contributed by atoms with Crippen LogP contribution < -0.4 is 19.5 Å². The Morgan fingerprint density at radius 3 is 2.19 bits per heavy atom. The van der Waals surface area contributed by atoms with E-state index in [9.17, 15) is 13.2 Å². The second kappa shape index (κ2) is 11.0. The Morgan fingerprint density at radius 2 is 1.61 bits per heavy atom. The van der Waals surface area contributed by atoms with Gasteiger partial charge < -0.3 is 19.5 Å². The molecule has 2 rings (SSSR count). The minimum atomic E-state index is -3.80. The van der Waals surface area contributed by atoms with Crippen LogP contribution in [-0.4, -0.2) is 59.6 Å². The van der Waals surface area contributed by atoms with Crippen LogP contribution in [0, 0.1) is 6.92 Å². The van der Waals surface area contributed by atoms with Crippen LogP contribution in [-0.2, 0) is 21.2 Å². The van der Waals surface area contributed by atoms with Crippen LogP contribution in [0.1, 0.15) is 18.1 Å². The first kappa shape index (κ1) is 24.5. The first-order valence-corrected chi connectivity index (χ1v) is 11.3. The monoisotopic (exact) mass is 450 g/mol. The number of aryl methyl sites for hydroxylation is 1. The number of sulfonamides is 1. The van der Waals surface area contributed by atoms with Crippen LogP contribution in [0.5, 0.6) is 17.2 Å². The van der Waals surface area contributed by atoms with E-state index in [0.717, 1.165) is 9.87 Å². The van der Waals surface area contributed by atoms with Crippen LogP contribution >= 0.6 is 0 Å². The van der Waals surface area contributed by atoms with E-state index in [1.807, 2.05) is 12.1 Å². The second-order valence-corrected chi connectivity index (χ2v) is 8.79. The normalized spacial score (nSPS) is 11.3. The molecule has 0 aromatic heterocycles. The highest BCUT2D eigenvalue weighted by Gasteiger charge is 2.25. The molecule has 0 saturated carbocycles. The maximum atomic E-state index is 13.0. The Morgan fingerprint density at radius 1 is 0.968 bits per heavy atom. The summed E-state index contributed by atoms with van der Waals surface area (Å²) in [4.78, 5) is 12.5. The Bertz CT molecular complexity index is 1010. The zero-order chi connectivity index (χ0) is 23.0. The average Bonchev–Trinajstić information content (AvgIpc) is 2.77. The van der Waals surface area contributed by atoms with Gasteiger partial charge in [0.15, 0.2) is 11.5 Å². The lowest BCUT2D eigenvalue weighted by atomic mass is 10.1. The minimum Gasteiger partial charge on any atom is -0.496 e. The van der Waals surface area contributed by atoms with Gasteiger partial charge in [-0.2, -0.15) is 4.31 Å². The van der Waals surface area contributed by atoms with Crippen LogP contribution in [0.15, 0.2) is 41.3 Å². The SMILES string of the molecule is CCN(CC(=O)NCCc1ccc(OC)c(OC)c1)S(=O)(=O)c1ccc(OC)c(C)c1. The van der Waals surface area contributed by atoms with Gasteiger partial charge in [-0.15, -0.1) is 0 Å². The highest BCUT2D eigenvalue weighted by molar-refractivity contribution is 7.89. The molecule has 0 aliphatic carbocycles. The number of amides is 1. The number of rotatable bonds is 11. The van der Waals surface area contributed by atoms with E-state index < -0.39 is 10.0 Å². The molecule has 0 fully saturated rings. The summed E-state index contributed by atoms with van der Waals surface area (Å²) in [5.74, 6) is 1.49. The van der Waals surface area contributed by atoms with Gasteiger partial charge in [-0.1, -0.05) is 13.0 Å². The predicted octanol–water partition coefficient (Wildman–Crippen LogP) is 2.39. The summed E-state index contributed by atoms with van der Waals surface area (Å²) >= 11 is 0. The maximum Gasteiger partial charge on any atom is 0.243 e. The van der Waals surface area contributed by atoms with Crippen LogP contribution in [0.4, 0.5) is 0 Å². The fourth-order valence-corrected chi connectivity index (χ4v) is 4.62. The highest BCUT2D eigenvalue weighted by Crippen LogP contribution is 2.27. The van der Waals surface area contributed by atoms with E-state index in [4.69, 9.17) is 14.2 Å². The molecule has 2 aromatic rings. The largest absolute Gasteiger partial charge is 0.496 e. The predicted molar refractivity (Wildman–Crippen MR) is 118 cm³/mol. The van der Waals surface area contributed by atoms with Crippen molar-refractivity contribution in [3.8, 4) is 17.2 Å². The van der Waals surface area contributed by atoms with Crippen LogP contribution in [0.25, 0.3) is 0 Å². The number of carbonyl (C=O) groups excluding carboxylic acids is 1. The molecule has 0 radical (unpaired) electrons. The highest BCUT2D eigenvalue weighted by atomic mass is 32.2. The molecular weight excluding hydrogens is 420 g/mol. The molecule has 0 unspecified atom stereocenters. The van der Waals surface area contributed by atoms with Crippen LogP contribution in [0.2, 0.25) is 0 Å². The van der Waals surface area contributed by atoms with Gasteiger partial charge in [-0.05, 0) is 54.8 Å². The summed E-state index contributed by atoms with van der Waals surface area (Å²) in [5, 5.41) is 2.78. The van der Waals surface area contributed by atoms with Gasteiger partial charge in [-0.3, -0.25) is 4.79 Å². The smallest absolute Gasteiger partial charge is 0.243 e. The molecule has 0 bridgehead atoms. The lowest BCUT2D eigenvalue weighted by Crippen LogP contribution is -2.41. The minimum absolute atomic E-state index is 0.130. The third-order valence-corrected chi connectivity index (χ3v) is 6.78. The van der Waals surface area contributed by atoms with E-state index in [2.05, 4.69) is 5.32 Å². The number of methoxy groups -OCH3 is 3.